The average molecular weight is 343 g/mol. The maximum Gasteiger partial charge on any atom is 0.270 e. The highest BCUT2D eigenvalue weighted by molar-refractivity contribution is 8.27. The van der Waals surface area contributed by atoms with E-state index in [0.717, 1.165) is 5.56 Å². The van der Waals surface area contributed by atoms with Gasteiger partial charge in [-0.05, 0) is 35.9 Å². The van der Waals surface area contributed by atoms with Crippen LogP contribution in [0, 0.1) is 0 Å². The van der Waals surface area contributed by atoms with Gasteiger partial charge in [-0.15, -0.1) is 0 Å². The molecule has 116 valence electrons. The number of hydrogen-bond acceptors (Lipinski definition) is 5. The lowest BCUT2D eigenvalue weighted by molar-refractivity contribution is -0.113. The Morgan fingerprint density at radius 3 is 2.74 bits per heavy atom. The number of thioether (sulfide) groups is 1. The molecule has 1 N–H and O–H groups in total. The number of carbonyl (C=O) groups excluding carboxylic acids is 1. The van der Waals surface area contributed by atoms with Crippen LogP contribution >= 0.6 is 24.0 Å². The molecule has 0 atom stereocenters. The summed E-state index contributed by atoms with van der Waals surface area (Å²) in [6, 6.07) is 14.0. The Hall–Kier alpha value is -2.31. The van der Waals surface area contributed by atoms with E-state index in [-0.39, 0.29) is 11.7 Å². The summed E-state index contributed by atoms with van der Waals surface area (Å²) in [6.45, 7) is 0. The highest BCUT2D eigenvalue weighted by Crippen LogP contribution is 2.39. The quantitative estimate of drug-likeness (QED) is 0.678. The maximum atomic E-state index is 12.7. The van der Waals surface area contributed by atoms with Gasteiger partial charge in [-0.3, -0.25) is 9.69 Å². The van der Waals surface area contributed by atoms with Gasteiger partial charge >= 0.3 is 0 Å². The number of methoxy groups -OCH3 is 1. The summed E-state index contributed by atoms with van der Waals surface area (Å²) in [7, 11) is 1.55. The number of rotatable bonds is 3. The van der Waals surface area contributed by atoms with Crippen molar-refractivity contribution in [3.8, 4) is 11.5 Å². The number of carbonyl (C=O) groups is 1. The van der Waals surface area contributed by atoms with Gasteiger partial charge in [-0.1, -0.05) is 48.2 Å². The number of ether oxygens (including phenoxy) is 1. The third-order valence-electron chi connectivity index (χ3n) is 3.29. The fourth-order valence-corrected chi connectivity index (χ4v) is 3.54. The van der Waals surface area contributed by atoms with E-state index in [9.17, 15) is 9.90 Å². The highest BCUT2D eigenvalue weighted by atomic mass is 32.2. The fourth-order valence-electron chi connectivity index (χ4n) is 2.26. The number of aromatic hydroxyl groups is 1. The smallest absolute Gasteiger partial charge is 0.270 e. The predicted molar refractivity (Wildman–Crippen MR) is 96.8 cm³/mol. The number of nitrogens with zero attached hydrogens (tertiary/aromatic N) is 1. The van der Waals surface area contributed by atoms with Gasteiger partial charge < -0.3 is 9.84 Å². The molecule has 1 aliphatic rings. The number of thiocarbonyl (C=S) groups is 1. The summed E-state index contributed by atoms with van der Waals surface area (Å²) >= 11 is 6.58. The minimum Gasteiger partial charge on any atom is -0.508 e. The molecule has 1 aliphatic heterocycles. The van der Waals surface area contributed by atoms with E-state index >= 15 is 0 Å². The van der Waals surface area contributed by atoms with Gasteiger partial charge in [-0.2, -0.15) is 0 Å². The second kappa shape index (κ2) is 6.44. The molecule has 0 radical (unpaired) electrons. The fraction of sp³-hybridized carbons (Fsp3) is 0.0588. The zero-order valence-corrected chi connectivity index (χ0v) is 13.9. The lowest BCUT2D eigenvalue weighted by Gasteiger charge is -2.17. The van der Waals surface area contributed by atoms with Crippen molar-refractivity contribution in [1.29, 1.82) is 0 Å². The standard InChI is InChI=1S/C17H13NO3S2/c1-21-14-8-3-2-7-13(14)18-16(20)15(23-17(18)22)10-11-5-4-6-12(19)9-11/h2-10,19H,1H3. The van der Waals surface area contributed by atoms with E-state index in [0.29, 0.717) is 20.7 Å². The Balaban J connectivity index is 1.97. The first kappa shape index (κ1) is 15.6. The van der Waals surface area contributed by atoms with E-state index in [4.69, 9.17) is 17.0 Å². The molecule has 0 aromatic heterocycles. The molecule has 1 fully saturated rings. The first-order valence-electron chi connectivity index (χ1n) is 6.80. The Labute approximate surface area is 143 Å². The number of anilines is 1. The van der Waals surface area contributed by atoms with Crippen LogP contribution in [0.1, 0.15) is 5.56 Å². The Kier molecular flexibility index (Phi) is 4.36. The van der Waals surface area contributed by atoms with Crippen LogP contribution in [0.2, 0.25) is 0 Å². The van der Waals surface area contributed by atoms with Crippen LogP contribution in [0.5, 0.6) is 11.5 Å². The largest absolute Gasteiger partial charge is 0.508 e. The van der Waals surface area contributed by atoms with Crippen molar-refractivity contribution < 1.29 is 14.6 Å². The summed E-state index contributed by atoms with van der Waals surface area (Å²) in [4.78, 5) is 14.7. The molecule has 0 unspecified atom stereocenters. The van der Waals surface area contributed by atoms with Gasteiger partial charge in [0.05, 0.1) is 17.7 Å². The van der Waals surface area contributed by atoms with E-state index < -0.39 is 0 Å². The van der Waals surface area contributed by atoms with Crippen molar-refractivity contribution in [2.45, 2.75) is 0 Å². The molecule has 0 bridgehead atoms. The number of phenols is 1. The molecular weight excluding hydrogens is 330 g/mol. The number of benzene rings is 2. The first-order valence-corrected chi connectivity index (χ1v) is 8.02. The van der Waals surface area contributed by atoms with Crippen molar-refractivity contribution in [3.63, 3.8) is 0 Å². The molecular formula is C17H13NO3S2. The Bertz CT molecular complexity index is 817. The van der Waals surface area contributed by atoms with Crippen molar-refractivity contribution >= 4 is 46.0 Å². The number of hydrogen-bond donors (Lipinski definition) is 1. The molecule has 0 saturated carbocycles. The van der Waals surface area contributed by atoms with E-state index in [1.807, 2.05) is 18.2 Å². The van der Waals surface area contributed by atoms with Crippen molar-refractivity contribution in [3.05, 3.63) is 59.0 Å². The minimum absolute atomic E-state index is 0.152. The van der Waals surface area contributed by atoms with Crippen LogP contribution < -0.4 is 9.64 Å². The molecule has 2 aromatic carbocycles. The van der Waals surface area contributed by atoms with Crippen LogP contribution in [0.3, 0.4) is 0 Å². The minimum atomic E-state index is -0.201. The van der Waals surface area contributed by atoms with Crippen molar-refractivity contribution in [1.82, 2.24) is 0 Å². The monoisotopic (exact) mass is 343 g/mol. The average Bonchev–Trinajstić information content (AvgIpc) is 2.81. The predicted octanol–water partition coefficient (Wildman–Crippen LogP) is 3.81. The summed E-state index contributed by atoms with van der Waals surface area (Å²) in [6.07, 6.45) is 1.72. The van der Waals surface area contributed by atoms with E-state index in [1.54, 1.807) is 43.5 Å². The lowest BCUT2D eigenvalue weighted by Crippen LogP contribution is -2.27. The Morgan fingerprint density at radius 2 is 2.00 bits per heavy atom. The van der Waals surface area contributed by atoms with Crippen LogP contribution in [0.25, 0.3) is 6.08 Å². The van der Waals surface area contributed by atoms with Gasteiger partial charge in [0.15, 0.2) is 4.32 Å². The molecule has 1 saturated heterocycles. The number of para-hydroxylation sites is 2. The van der Waals surface area contributed by atoms with Gasteiger partial charge in [0, 0.05) is 0 Å². The van der Waals surface area contributed by atoms with Crippen LogP contribution in [0.4, 0.5) is 5.69 Å². The Morgan fingerprint density at radius 1 is 1.22 bits per heavy atom. The molecule has 2 aromatic rings. The summed E-state index contributed by atoms with van der Waals surface area (Å²) in [5, 5.41) is 9.53. The molecule has 3 rings (SSSR count). The molecule has 6 heteroatoms. The summed E-state index contributed by atoms with van der Waals surface area (Å²) in [5.74, 6) is 0.536. The van der Waals surface area contributed by atoms with Crippen LogP contribution in [-0.2, 0) is 4.79 Å². The summed E-state index contributed by atoms with van der Waals surface area (Å²) in [5.41, 5.74) is 1.36. The first-order chi connectivity index (χ1) is 11.1. The maximum absolute atomic E-state index is 12.7. The second-order valence-corrected chi connectivity index (χ2v) is 6.46. The normalized spacial score (nSPS) is 16.2. The van der Waals surface area contributed by atoms with Crippen LogP contribution in [-0.4, -0.2) is 22.4 Å². The van der Waals surface area contributed by atoms with Gasteiger partial charge in [0.2, 0.25) is 0 Å². The molecule has 0 aliphatic carbocycles. The van der Waals surface area contributed by atoms with Crippen molar-refractivity contribution in [2.24, 2.45) is 0 Å². The highest BCUT2D eigenvalue weighted by Gasteiger charge is 2.34. The molecule has 23 heavy (non-hydrogen) atoms. The second-order valence-electron chi connectivity index (χ2n) is 4.78. The van der Waals surface area contributed by atoms with E-state index in [2.05, 4.69) is 0 Å². The molecule has 1 amide bonds. The topological polar surface area (TPSA) is 49.8 Å². The van der Waals surface area contributed by atoms with Gasteiger partial charge in [-0.25, -0.2) is 0 Å². The van der Waals surface area contributed by atoms with Crippen LogP contribution in [0.15, 0.2) is 53.4 Å². The third-order valence-corrected chi connectivity index (χ3v) is 4.59. The third kappa shape index (κ3) is 3.09. The lowest BCUT2D eigenvalue weighted by atomic mass is 10.2. The zero-order chi connectivity index (χ0) is 16.4. The molecule has 4 nitrogen and oxygen atoms in total. The van der Waals surface area contributed by atoms with E-state index in [1.165, 1.54) is 16.7 Å². The molecule has 0 spiro atoms. The van der Waals surface area contributed by atoms with Gasteiger partial charge in [0.25, 0.3) is 5.91 Å². The zero-order valence-electron chi connectivity index (χ0n) is 12.2. The van der Waals surface area contributed by atoms with Gasteiger partial charge in [0.1, 0.15) is 11.5 Å². The number of amides is 1. The molecule has 1 heterocycles. The number of phenolic OH excluding ortho intramolecular Hbond substituents is 1. The van der Waals surface area contributed by atoms with Crippen molar-refractivity contribution in [2.75, 3.05) is 12.0 Å². The summed E-state index contributed by atoms with van der Waals surface area (Å²) < 4.78 is 5.76. The SMILES string of the molecule is COc1ccccc1N1C(=O)C(=Cc2cccc(O)c2)SC1=S.